The fourth-order valence-electron chi connectivity index (χ4n) is 1.53. The molecular weight excluding hydrogens is 288 g/mol. The molecule has 104 valence electrons. The third-order valence-corrected chi connectivity index (χ3v) is 4.49. The molecule has 20 heavy (non-hydrogen) atoms. The van der Waals surface area contributed by atoms with Gasteiger partial charge in [0, 0.05) is 17.7 Å². The lowest BCUT2D eigenvalue weighted by molar-refractivity contribution is 0.305. The Balaban J connectivity index is 1.78. The van der Waals surface area contributed by atoms with Gasteiger partial charge in [-0.2, -0.15) is 0 Å². The van der Waals surface area contributed by atoms with Gasteiger partial charge in [-0.3, -0.25) is 0 Å². The second-order valence-electron chi connectivity index (χ2n) is 3.93. The van der Waals surface area contributed by atoms with Gasteiger partial charge in [-0.25, -0.2) is 0 Å². The molecule has 1 aromatic heterocycles. The SMILES string of the molecule is OCCC#Cc1cccc(OCCSc2cccs2)c1. The molecule has 0 fully saturated rings. The highest BCUT2D eigenvalue weighted by molar-refractivity contribution is 8.01. The molecule has 0 aliphatic heterocycles. The van der Waals surface area contributed by atoms with E-state index in [9.17, 15) is 0 Å². The molecule has 1 N–H and O–H groups in total. The van der Waals surface area contributed by atoms with Gasteiger partial charge in [0.1, 0.15) is 5.75 Å². The maximum atomic E-state index is 8.69. The highest BCUT2D eigenvalue weighted by Crippen LogP contribution is 2.23. The van der Waals surface area contributed by atoms with Gasteiger partial charge in [-0.15, -0.1) is 23.1 Å². The Labute approximate surface area is 127 Å². The van der Waals surface area contributed by atoms with Crippen LogP contribution in [0.3, 0.4) is 0 Å². The first-order valence-corrected chi connectivity index (χ1v) is 8.24. The Morgan fingerprint density at radius 1 is 1.25 bits per heavy atom. The van der Waals surface area contributed by atoms with Gasteiger partial charge in [-0.05, 0) is 29.6 Å². The molecule has 0 radical (unpaired) electrons. The van der Waals surface area contributed by atoms with E-state index >= 15 is 0 Å². The van der Waals surface area contributed by atoms with Gasteiger partial charge in [0.2, 0.25) is 0 Å². The lowest BCUT2D eigenvalue weighted by Gasteiger charge is -2.05. The third kappa shape index (κ3) is 5.30. The quantitative estimate of drug-likeness (QED) is 0.502. The summed E-state index contributed by atoms with van der Waals surface area (Å²) in [5, 5.41) is 10.8. The highest BCUT2D eigenvalue weighted by atomic mass is 32.2. The summed E-state index contributed by atoms with van der Waals surface area (Å²) in [6.45, 7) is 0.777. The average Bonchev–Trinajstić information content (AvgIpc) is 2.98. The smallest absolute Gasteiger partial charge is 0.120 e. The molecule has 0 aliphatic carbocycles. The largest absolute Gasteiger partial charge is 0.493 e. The first kappa shape index (κ1) is 15.0. The highest BCUT2D eigenvalue weighted by Gasteiger charge is 1.97. The number of hydrogen-bond donors (Lipinski definition) is 1. The fraction of sp³-hybridized carbons (Fsp3) is 0.250. The molecule has 1 heterocycles. The number of benzene rings is 1. The van der Waals surface area contributed by atoms with E-state index in [1.54, 1.807) is 23.1 Å². The Kier molecular flexibility index (Phi) is 6.52. The van der Waals surface area contributed by atoms with Gasteiger partial charge in [0.15, 0.2) is 0 Å². The van der Waals surface area contributed by atoms with Crippen molar-refractivity contribution in [2.24, 2.45) is 0 Å². The number of aliphatic hydroxyl groups is 1. The zero-order chi connectivity index (χ0) is 14.0. The molecule has 0 bridgehead atoms. The van der Waals surface area contributed by atoms with Crippen molar-refractivity contribution in [3.05, 3.63) is 47.3 Å². The molecule has 0 spiro atoms. The molecule has 0 atom stereocenters. The minimum atomic E-state index is 0.100. The van der Waals surface area contributed by atoms with Crippen LogP contribution in [0, 0.1) is 11.8 Å². The van der Waals surface area contributed by atoms with Crippen molar-refractivity contribution in [3.63, 3.8) is 0 Å². The van der Waals surface area contributed by atoms with E-state index in [4.69, 9.17) is 9.84 Å². The van der Waals surface area contributed by atoms with Crippen LogP contribution in [0.5, 0.6) is 5.75 Å². The predicted molar refractivity (Wildman–Crippen MR) is 85.6 cm³/mol. The molecule has 2 rings (SSSR count). The van der Waals surface area contributed by atoms with Crippen molar-refractivity contribution in [1.29, 1.82) is 0 Å². The van der Waals surface area contributed by atoms with Crippen LogP contribution >= 0.6 is 23.1 Å². The Morgan fingerprint density at radius 2 is 2.20 bits per heavy atom. The molecule has 0 saturated carbocycles. The molecule has 1 aromatic carbocycles. The molecule has 2 nitrogen and oxygen atoms in total. The van der Waals surface area contributed by atoms with Gasteiger partial charge in [0.25, 0.3) is 0 Å². The number of rotatable bonds is 6. The zero-order valence-corrected chi connectivity index (χ0v) is 12.7. The number of ether oxygens (including phenoxy) is 1. The summed E-state index contributed by atoms with van der Waals surface area (Å²) in [7, 11) is 0. The summed E-state index contributed by atoms with van der Waals surface area (Å²) in [5.41, 5.74) is 0.918. The van der Waals surface area contributed by atoms with E-state index in [1.807, 2.05) is 24.3 Å². The van der Waals surface area contributed by atoms with E-state index in [-0.39, 0.29) is 6.61 Å². The van der Waals surface area contributed by atoms with Gasteiger partial charge in [-0.1, -0.05) is 24.0 Å². The van der Waals surface area contributed by atoms with Crippen molar-refractivity contribution in [1.82, 2.24) is 0 Å². The minimum absolute atomic E-state index is 0.100. The number of aliphatic hydroxyl groups excluding tert-OH is 1. The van der Waals surface area contributed by atoms with Crippen LogP contribution in [-0.2, 0) is 0 Å². The summed E-state index contributed by atoms with van der Waals surface area (Å²) in [6, 6.07) is 11.9. The Bertz CT molecular complexity index is 568. The van der Waals surface area contributed by atoms with Gasteiger partial charge < -0.3 is 9.84 Å². The monoisotopic (exact) mass is 304 g/mol. The van der Waals surface area contributed by atoms with Crippen molar-refractivity contribution >= 4 is 23.1 Å². The van der Waals surface area contributed by atoms with Crippen LogP contribution in [0.1, 0.15) is 12.0 Å². The van der Waals surface area contributed by atoms with Crippen molar-refractivity contribution in [3.8, 4) is 17.6 Å². The molecule has 2 aromatic rings. The Hall–Kier alpha value is -1.41. The van der Waals surface area contributed by atoms with Crippen LogP contribution in [0.2, 0.25) is 0 Å². The molecule has 0 aliphatic rings. The summed E-state index contributed by atoms with van der Waals surface area (Å²) in [4.78, 5) is 0. The summed E-state index contributed by atoms with van der Waals surface area (Å²) in [5.74, 6) is 7.68. The van der Waals surface area contributed by atoms with E-state index in [2.05, 4.69) is 29.4 Å². The Morgan fingerprint density at radius 3 is 3.00 bits per heavy atom. The number of hydrogen-bond acceptors (Lipinski definition) is 4. The maximum absolute atomic E-state index is 8.69. The van der Waals surface area contributed by atoms with Crippen LogP contribution < -0.4 is 4.74 Å². The second-order valence-corrected chi connectivity index (χ2v) is 6.28. The van der Waals surface area contributed by atoms with Crippen molar-refractivity contribution in [2.75, 3.05) is 19.0 Å². The third-order valence-electron chi connectivity index (χ3n) is 2.40. The van der Waals surface area contributed by atoms with Crippen LogP contribution in [-0.4, -0.2) is 24.1 Å². The van der Waals surface area contributed by atoms with E-state index in [0.717, 1.165) is 17.1 Å². The number of thioether (sulfide) groups is 1. The predicted octanol–water partition coefficient (Wildman–Crippen LogP) is 3.65. The molecule has 0 amide bonds. The topological polar surface area (TPSA) is 29.5 Å². The van der Waals surface area contributed by atoms with Crippen LogP contribution in [0.4, 0.5) is 0 Å². The molecular formula is C16H16O2S2. The maximum Gasteiger partial charge on any atom is 0.120 e. The van der Waals surface area contributed by atoms with Crippen LogP contribution in [0.25, 0.3) is 0 Å². The molecule has 4 heteroatoms. The second kappa shape index (κ2) is 8.70. The zero-order valence-electron chi connectivity index (χ0n) is 11.0. The first-order chi connectivity index (χ1) is 9.88. The average molecular weight is 304 g/mol. The van der Waals surface area contributed by atoms with E-state index < -0.39 is 0 Å². The fourth-order valence-corrected chi connectivity index (χ4v) is 3.21. The van der Waals surface area contributed by atoms with E-state index in [1.165, 1.54) is 4.21 Å². The molecule has 0 unspecified atom stereocenters. The van der Waals surface area contributed by atoms with Gasteiger partial charge >= 0.3 is 0 Å². The summed E-state index contributed by atoms with van der Waals surface area (Å²) in [6.07, 6.45) is 0.503. The van der Waals surface area contributed by atoms with Crippen molar-refractivity contribution < 1.29 is 9.84 Å². The number of thiophene rings is 1. The molecule has 0 saturated heterocycles. The summed E-state index contributed by atoms with van der Waals surface area (Å²) >= 11 is 3.56. The summed E-state index contributed by atoms with van der Waals surface area (Å²) < 4.78 is 7.03. The lowest BCUT2D eigenvalue weighted by atomic mass is 10.2. The van der Waals surface area contributed by atoms with Crippen molar-refractivity contribution in [2.45, 2.75) is 10.6 Å². The standard InChI is InChI=1S/C16H16O2S2/c17-9-2-1-5-14-6-3-7-15(13-14)18-10-12-20-16-8-4-11-19-16/h3-4,6-8,11,13,17H,2,9-10,12H2. The first-order valence-electron chi connectivity index (χ1n) is 6.37. The normalized spacial score (nSPS) is 9.85. The van der Waals surface area contributed by atoms with Crippen LogP contribution in [0.15, 0.2) is 46.0 Å². The van der Waals surface area contributed by atoms with Gasteiger partial charge in [0.05, 0.1) is 17.4 Å². The van der Waals surface area contributed by atoms with E-state index in [0.29, 0.717) is 13.0 Å². The minimum Gasteiger partial charge on any atom is -0.493 e. The lowest BCUT2D eigenvalue weighted by Crippen LogP contribution is -1.99.